The Morgan fingerprint density at radius 2 is 1.85 bits per heavy atom. The molecule has 0 aliphatic rings. The molecule has 7 heteroatoms. The predicted octanol–water partition coefficient (Wildman–Crippen LogP) is 0.777. The first kappa shape index (κ1) is 12.6. The Morgan fingerprint density at radius 3 is 2.40 bits per heavy atom. The second-order valence-corrected chi connectivity index (χ2v) is 4.90. The molecule has 3 rings (SSSR count). The van der Waals surface area contributed by atoms with Crippen molar-refractivity contribution in [1.82, 2.24) is 9.36 Å². The van der Waals surface area contributed by atoms with Gasteiger partial charge in [0.25, 0.3) is 0 Å². The molecule has 0 aliphatic heterocycles. The summed E-state index contributed by atoms with van der Waals surface area (Å²) < 4.78 is 4.09. The minimum atomic E-state index is -0.363. The highest BCUT2D eigenvalue weighted by atomic mass is 32.1. The summed E-state index contributed by atoms with van der Waals surface area (Å²) in [4.78, 5) is 28.3. The molecule has 20 heavy (non-hydrogen) atoms. The SMILES string of the molecule is CCc1nsc(NN=c2c(=O)c3ccccc3c2=O)n1. The van der Waals surface area contributed by atoms with Gasteiger partial charge in [-0.1, -0.05) is 31.2 Å². The van der Waals surface area contributed by atoms with Crippen LogP contribution >= 0.6 is 11.5 Å². The van der Waals surface area contributed by atoms with E-state index in [1.165, 1.54) is 0 Å². The molecule has 0 bridgehead atoms. The fourth-order valence-corrected chi connectivity index (χ4v) is 2.48. The molecule has 3 aromatic rings. The van der Waals surface area contributed by atoms with Crippen molar-refractivity contribution in [3.63, 3.8) is 0 Å². The summed E-state index contributed by atoms with van der Waals surface area (Å²) in [5, 5.41) is 5.03. The topological polar surface area (TPSA) is 84.3 Å². The van der Waals surface area contributed by atoms with E-state index < -0.39 is 0 Å². The molecule has 0 radical (unpaired) electrons. The lowest BCUT2D eigenvalue weighted by Gasteiger charge is -1.88. The molecule has 0 saturated heterocycles. The minimum absolute atomic E-state index is 0.112. The maximum atomic E-state index is 12.1. The number of benzene rings is 1. The molecule has 0 atom stereocenters. The molecule has 1 aromatic heterocycles. The first-order chi connectivity index (χ1) is 9.70. The van der Waals surface area contributed by atoms with Gasteiger partial charge in [0.2, 0.25) is 16.0 Å². The Kier molecular flexibility index (Phi) is 3.11. The van der Waals surface area contributed by atoms with E-state index in [9.17, 15) is 9.59 Å². The third kappa shape index (κ3) is 2.01. The minimum Gasteiger partial charge on any atom is -0.287 e. The Morgan fingerprint density at radius 1 is 1.20 bits per heavy atom. The average Bonchev–Trinajstić information content (AvgIpc) is 3.03. The average molecular weight is 286 g/mol. The van der Waals surface area contributed by atoms with Crippen molar-refractivity contribution in [1.29, 1.82) is 0 Å². The van der Waals surface area contributed by atoms with E-state index in [1.807, 2.05) is 6.92 Å². The van der Waals surface area contributed by atoms with Gasteiger partial charge in [0.15, 0.2) is 5.36 Å². The van der Waals surface area contributed by atoms with Gasteiger partial charge in [-0.05, 0) is 0 Å². The maximum absolute atomic E-state index is 12.1. The maximum Gasteiger partial charge on any atom is 0.223 e. The van der Waals surface area contributed by atoms with E-state index in [2.05, 4.69) is 19.9 Å². The monoisotopic (exact) mass is 286 g/mol. The summed E-state index contributed by atoms with van der Waals surface area (Å²) in [6.45, 7) is 1.94. The van der Waals surface area contributed by atoms with Gasteiger partial charge in [0.1, 0.15) is 5.82 Å². The van der Waals surface area contributed by atoms with Crippen molar-refractivity contribution < 1.29 is 0 Å². The third-order valence-corrected chi connectivity index (χ3v) is 3.55. The third-order valence-electron chi connectivity index (χ3n) is 2.89. The fourth-order valence-electron chi connectivity index (χ4n) is 1.89. The summed E-state index contributed by atoms with van der Waals surface area (Å²) in [6, 6.07) is 6.69. The van der Waals surface area contributed by atoms with Crippen LogP contribution in [0.25, 0.3) is 10.8 Å². The Labute approximate surface area is 117 Å². The Hall–Kier alpha value is -2.41. The van der Waals surface area contributed by atoms with Gasteiger partial charge in [-0.3, -0.25) is 15.0 Å². The summed E-state index contributed by atoms with van der Waals surface area (Å²) in [5.41, 5.74) is 1.90. The molecule has 0 fully saturated rings. The second kappa shape index (κ2) is 4.93. The lowest BCUT2D eigenvalue weighted by molar-refractivity contribution is 0.995. The molecule has 2 aromatic carbocycles. The predicted molar refractivity (Wildman–Crippen MR) is 77.3 cm³/mol. The molecule has 0 spiro atoms. The van der Waals surface area contributed by atoms with Crippen LogP contribution in [-0.2, 0) is 6.42 Å². The van der Waals surface area contributed by atoms with Crippen LogP contribution in [0.1, 0.15) is 12.7 Å². The number of nitrogens with zero attached hydrogens (tertiary/aromatic N) is 3. The zero-order valence-electron chi connectivity index (χ0n) is 10.6. The number of rotatable bonds is 3. The highest BCUT2D eigenvalue weighted by molar-refractivity contribution is 7.09. The highest BCUT2D eigenvalue weighted by Gasteiger charge is 2.10. The van der Waals surface area contributed by atoms with Crippen LogP contribution in [0.15, 0.2) is 39.0 Å². The lowest BCUT2D eigenvalue weighted by atomic mass is 10.2. The van der Waals surface area contributed by atoms with Gasteiger partial charge in [-0.15, -0.1) is 0 Å². The lowest BCUT2D eigenvalue weighted by Crippen LogP contribution is -2.32. The van der Waals surface area contributed by atoms with Gasteiger partial charge in [0.05, 0.1) is 0 Å². The first-order valence-electron chi connectivity index (χ1n) is 6.05. The van der Waals surface area contributed by atoms with Crippen LogP contribution in [0.2, 0.25) is 0 Å². The standard InChI is InChI=1S/C13H10N4O2S/c1-2-9-14-13(20-17-9)16-15-10-11(18)7-5-3-4-6-8(7)12(10)19/h3-6H,2H2,1H3,(H,14,16,17). The van der Waals surface area contributed by atoms with Gasteiger partial charge in [0, 0.05) is 28.7 Å². The Bertz CT molecular complexity index is 872. The molecule has 100 valence electrons. The number of hydrogen-bond donors (Lipinski definition) is 1. The van der Waals surface area contributed by atoms with E-state index in [0.29, 0.717) is 21.7 Å². The van der Waals surface area contributed by atoms with Crippen LogP contribution in [0.4, 0.5) is 5.13 Å². The number of fused-ring (bicyclic) bond motifs is 1. The highest BCUT2D eigenvalue weighted by Crippen LogP contribution is 2.10. The summed E-state index contributed by atoms with van der Waals surface area (Å²) >= 11 is 1.14. The van der Waals surface area contributed by atoms with Crippen LogP contribution in [0, 0.1) is 0 Å². The molecular formula is C13H10N4O2S. The second-order valence-electron chi connectivity index (χ2n) is 4.15. The van der Waals surface area contributed by atoms with Crippen molar-refractivity contribution in [3.05, 3.63) is 55.9 Å². The number of anilines is 1. The van der Waals surface area contributed by atoms with Gasteiger partial charge in [-0.2, -0.15) is 9.47 Å². The van der Waals surface area contributed by atoms with Crippen molar-refractivity contribution in [2.45, 2.75) is 13.3 Å². The molecule has 0 aliphatic carbocycles. The van der Waals surface area contributed by atoms with Crippen molar-refractivity contribution in [3.8, 4) is 0 Å². The first-order valence-corrected chi connectivity index (χ1v) is 6.82. The van der Waals surface area contributed by atoms with Crippen molar-refractivity contribution >= 4 is 27.4 Å². The zero-order chi connectivity index (χ0) is 14.1. The normalized spacial score (nSPS) is 10.8. The largest absolute Gasteiger partial charge is 0.287 e. The van der Waals surface area contributed by atoms with Gasteiger partial charge < -0.3 is 0 Å². The molecule has 0 amide bonds. The molecule has 6 nitrogen and oxygen atoms in total. The smallest absolute Gasteiger partial charge is 0.223 e. The number of nitrogens with one attached hydrogen (secondary N) is 1. The molecular weight excluding hydrogens is 276 g/mol. The summed E-state index contributed by atoms with van der Waals surface area (Å²) in [7, 11) is 0. The fraction of sp³-hybridized carbons (Fsp3) is 0.154. The van der Waals surface area contributed by atoms with Crippen molar-refractivity contribution in [2.24, 2.45) is 5.10 Å². The molecule has 0 saturated carbocycles. The summed E-state index contributed by atoms with van der Waals surface area (Å²) in [5.74, 6) is 0.699. The van der Waals surface area contributed by atoms with Crippen LogP contribution in [-0.4, -0.2) is 9.36 Å². The van der Waals surface area contributed by atoms with Crippen LogP contribution in [0.3, 0.4) is 0 Å². The Balaban J connectivity index is 2.08. The van der Waals surface area contributed by atoms with E-state index in [-0.39, 0.29) is 16.2 Å². The van der Waals surface area contributed by atoms with Crippen LogP contribution in [0.5, 0.6) is 0 Å². The van der Waals surface area contributed by atoms with E-state index in [1.54, 1.807) is 24.3 Å². The van der Waals surface area contributed by atoms with E-state index in [0.717, 1.165) is 18.0 Å². The van der Waals surface area contributed by atoms with Gasteiger partial charge >= 0.3 is 0 Å². The molecule has 1 N–H and O–H groups in total. The molecule has 0 unspecified atom stereocenters. The quantitative estimate of drug-likeness (QED) is 0.719. The molecule has 1 heterocycles. The number of aryl methyl sites for hydroxylation is 1. The van der Waals surface area contributed by atoms with Crippen molar-refractivity contribution in [2.75, 3.05) is 5.43 Å². The van der Waals surface area contributed by atoms with Crippen LogP contribution < -0.4 is 21.6 Å². The zero-order valence-corrected chi connectivity index (χ0v) is 11.4. The summed E-state index contributed by atoms with van der Waals surface area (Å²) in [6.07, 6.45) is 0.720. The number of hydrogen-bond acceptors (Lipinski definition) is 7. The number of aromatic nitrogens is 2. The van der Waals surface area contributed by atoms with E-state index in [4.69, 9.17) is 0 Å². The van der Waals surface area contributed by atoms with E-state index >= 15 is 0 Å². The van der Waals surface area contributed by atoms with Gasteiger partial charge in [-0.25, -0.2) is 4.98 Å².